The average Bonchev–Trinajstić information content (AvgIpc) is 2.12. The van der Waals surface area contributed by atoms with E-state index in [2.05, 4.69) is 31.0 Å². The molecule has 0 bridgehead atoms. The summed E-state index contributed by atoms with van der Waals surface area (Å²) in [6, 6.07) is 0. The molecule has 0 radical (unpaired) electrons. The van der Waals surface area contributed by atoms with Crippen molar-refractivity contribution in [2.45, 2.75) is 6.92 Å². The van der Waals surface area contributed by atoms with Crippen LogP contribution in [0.3, 0.4) is 0 Å². The predicted molar refractivity (Wildman–Crippen MR) is 65.5 cm³/mol. The Morgan fingerprint density at radius 3 is 2.77 bits per heavy atom. The molecule has 0 amide bonds. The Hall–Kier alpha value is -0.360. The molecule has 3 nitrogen and oxygen atoms in total. The molecular weight excluding hydrogens is 279 g/mol. The first-order valence-electron chi connectivity index (χ1n) is 3.99. The molecule has 0 atom stereocenters. The molecule has 0 aliphatic carbocycles. The van der Waals surface area contributed by atoms with Crippen LogP contribution in [0.25, 0.3) is 0 Å². The molecule has 0 aliphatic rings. The second-order valence-corrected chi connectivity index (χ2v) is 3.90. The average molecular weight is 294 g/mol. The van der Waals surface area contributed by atoms with Crippen LogP contribution in [0.4, 0.5) is 0 Å². The van der Waals surface area contributed by atoms with Gasteiger partial charge in [0.1, 0.15) is 0 Å². The molecule has 0 aliphatic heterocycles. The van der Waals surface area contributed by atoms with Gasteiger partial charge in [0.05, 0.1) is 6.26 Å². The Bertz CT molecular complexity index is 212. The maximum Gasteiger partial charge on any atom is 0.0794 e. The normalized spacial score (nSPS) is 13.7. The van der Waals surface area contributed by atoms with Crippen LogP contribution in [0.1, 0.15) is 6.92 Å². The van der Waals surface area contributed by atoms with Crippen LogP contribution in [0.2, 0.25) is 0 Å². The summed E-state index contributed by atoms with van der Waals surface area (Å²) in [6.45, 7) is 3.64. The molecule has 0 aromatic rings. The first-order valence-corrected chi connectivity index (χ1v) is 4.96. The number of nitrogens with zero attached hydrogens (tertiary/aromatic N) is 2. The topological polar surface area (TPSA) is 35.8 Å². The van der Waals surface area contributed by atoms with Gasteiger partial charge in [-0.25, -0.2) is 3.11 Å². The van der Waals surface area contributed by atoms with E-state index in [1.165, 1.54) is 0 Å². The molecule has 0 unspecified atom stereocenters. The van der Waals surface area contributed by atoms with E-state index in [0.29, 0.717) is 0 Å². The molecule has 0 rings (SSSR count). The summed E-state index contributed by atoms with van der Waals surface area (Å²) in [5.41, 5.74) is 1.05. The zero-order valence-corrected chi connectivity index (χ0v) is 10.1. The summed E-state index contributed by atoms with van der Waals surface area (Å²) >= 11 is 2.24. The van der Waals surface area contributed by atoms with Gasteiger partial charge in [-0.2, -0.15) is 0 Å². The molecule has 0 saturated heterocycles. The fraction of sp³-hybridized carbons (Fsp3) is 0.444. The van der Waals surface area contributed by atoms with Crippen LogP contribution >= 0.6 is 22.9 Å². The minimum atomic E-state index is 0.837. The lowest BCUT2D eigenvalue weighted by Crippen LogP contribution is -2.13. The zero-order chi connectivity index (χ0) is 10.1. The summed E-state index contributed by atoms with van der Waals surface area (Å²) in [4.78, 5) is 3.89. The van der Waals surface area contributed by atoms with Crippen molar-refractivity contribution in [1.29, 1.82) is 0 Å². The molecule has 0 aromatic heterocycles. The molecule has 1 N–H and O–H groups in total. The lowest BCUT2D eigenvalue weighted by atomic mass is 10.3. The van der Waals surface area contributed by atoms with E-state index in [-0.39, 0.29) is 0 Å². The minimum Gasteiger partial charge on any atom is -0.516 e. The van der Waals surface area contributed by atoms with Crippen LogP contribution in [-0.4, -0.2) is 34.6 Å². The first kappa shape index (κ1) is 12.6. The summed E-state index contributed by atoms with van der Waals surface area (Å²) in [5.74, 6) is 0. The highest BCUT2D eigenvalue weighted by Gasteiger charge is 1.93. The molecule has 0 heterocycles. The summed E-state index contributed by atoms with van der Waals surface area (Å²) < 4.78 is 2.10. The number of rotatable bonds is 5. The maximum absolute atomic E-state index is 8.49. The van der Waals surface area contributed by atoms with Gasteiger partial charge in [-0.1, -0.05) is 11.6 Å². The van der Waals surface area contributed by atoms with Crippen molar-refractivity contribution in [3.63, 3.8) is 0 Å². The molecule has 0 spiro atoms. The van der Waals surface area contributed by atoms with Crippen LogP contribution in [0.5, 0.6) is 0 Å². The van der Waals surface area contributed by atoms with Crippen molar-refractivity contribution in [1.82, 2.24) is 3.11 Å². The molecule has 13 heavy (non-hydrogen) atoms. The van der Waals surface area contributed by atoms with Gasteiger partial charge in [0, 0.05) is 49.2 Å². The lowest BCUT2D eigenvalue weighted by molar-refractivity contribution is 0.473. The third kappa shape index (κ3) is 7.98. The van der Waals surface area contributed by atoms with Crippen molar-refractivity contribution in [3.05, 3.63) is 24.0 Å². The van der Waals surface area contributed by atoms with E-state index in [9.17, 15) is 0 Å². The van der Waals surface area contributed by atoms with E-state index in [1.54, 1.807) is 13.1 Å². The Labute approximate surface area is 93.3 Å². The SMILES string of the molecule is CN=CCN(I)C/C=C(C)\C=C\O. The van der Waals surface area contributed by atoms with Crippen LogP contribution in [-0.2, 0) is 0 Å². The third-order valence-corrected chi connectivity index (χ3v) is 2.20. The Morgan fingerprint density at radius 1 is 1.54 bits per heavy atom. The van der Waals surface area contributed by atoms with Crippen molar-refractivity contribution < 1.29 is 5.11 Å². The maximum atomic E-state index is 8.49. The highest BCUT2D eigenvalue weighted by molar-refractivity contribution is 14.1. The molecule has 74 valence electrons. The fourth-order valence-corrected chi connectivity index (χ4v) is 1.05. The predicted octanol–water partition coefficient (Wildman–Crippen LogP) is 2.36. The number of hydrogen-bond donors (Lipinski definition) is 1. The van der Waals surface area contributed by atoms with Gasteiger partial charge in [0.25, 0.3) is 0 Å². The summed E-state index contributed by atoms with van der Waals surface area (Å²) in [7, 11) is 1.76. The molecule has 0 fully saturated rings. The van der Waals surface area contributed by atoms with Crippen LogP contribution in [0.15, 0.2) is 29.0 Å². The van der Waals surface area contributed by atoms with Gasteiger partial charge in [-0.15, -0.1) is 0 Å². The van der Waals surface area contributed by atoms with Crippen LogP contribution in [0, 0.1) is 0 Å². The number of aliphatic hydroxyl groups is 1. The van der Waals surface area contributed by atoms with Gasteiger partial charge in [-0.05, 0) is 13.0 Å². The number of aliphatic hydroxyl groups excluding tert-OH is 1. The highest BCUT2D eigenvalue weighted by atomic mass is 127. The molecule has 4 heteroatoms. The quantitative estimate of drug-likeness (QED) is 0.278. The van der Waals surface area contributed by atoms with Crippen molar-refractivity contribution >= 4 is 29.1 Å². The van der Waals surface area contributed by atoms with Gasteiger partial charge < -0.3 is 5.11 Å². The first-order chi connectivity index (χ1) is 6.20. The van der Waals surface area contributed by atoms with E-state index >= 15 is 0 Å². The Morgan fingerprint density at radius 2 is 2.23 bits per heavy atom. The third-order valence-electron chi connectivity index (χ3n) is 1.41. The monoisotopic (exact) mass is 294 g/mol. The second-order valence-electron chi connectivity index (χ2n) is 2.53. The van der Waals surface area contributed by atoms with Gasteiger partial charge in [0.2, 0.25) is 0 Å². The van der Waals surface area contributed by atoms with Gasteiger partial charge >= 0.3 is 0 Å². The van der Waals surface area contributed by atoms with E-state index in [4.69, 9.17) is 5.11 Å². The van der Waals surface area contributed by atoms with E-state index in [0.717, 1.165) is 24.9 Å². The van der Waals surface area contributed by atoms with Gasteiger partial charge in [0.15, 0.2) is 0 Å². The highest BCUT2D eigenvalue weighted by Crippen LogP contribution is 2.00. The smallest absolute Gasteiger partial charge is 0.0794 e. The van der Waals surface area contributed by atoms with Gasteiger partial charge in [-0.3, -0.25) is 4.99 Å². The Balaban J connectivity index is 3.79. The lowest BCUT2D eigenvalue weighted by Gasteiger charge is -2.07. The summed E-state index contributed by atoms with van der Waals surface area (Å²) in [6.07, 6.45) is 6.62. The van der Waals surface area contributed by atoms with E-state index < -0.39 is 0 Å². The standard InChI is InChI=1S/C9H15IN2O/c1-9(4-8-13)3-6-12(10)7-5-11-2/h3-5,8,13H,6-7H2,1-2H3/b8-4+,9-3-,11-5?. The van der Waals surface area contributed by atoms with Crippen molar-refractivity contribution in [2.24, 2.45) is 4.99 Å². The molecule has 0 aromatic carbocycles. The number of allylic oxidation sites excluding steroid dienone is 2. The number of hydrogen-bond acceptors (Lipinski definition) is 3. The molecule has 0 saturated carbocycles. The summed E-state index contributed by atoms with van der Waals surface area (Å²) in [5, 5.41) is 8.49. The largest absolute Gasteiger partial charge is 0.516 e. The zero-order valence-electron chi connectivity index (χ0n) is 7.94. The van der Waals surface area contributed by atoms with E-state index in [1.807, 2.05) is 19.2 Å². The second kappa shape index (κ2) is 8.25. The fourth-order valence-electron chi connectivity index (χ4n) is 0.673. The molecular formula is C9H15IN2O. The minimum absolute atomic E-state index is 0.837. The number of aliphatic imine (C=N–C) groups is 1. The number of halogens is 1. The van der Waals surface area contributed by atoms with Crippen molar-refractivity contribution in [2.75, 3.05) is 20.1 Å². The Kier molecular flexibility index (Phi) is 8.02. The van der Waals surface area contributed by atoms with Crippen LogP contribution < -0.4 is 0 Å². The van der Waals surface area contributed by atoms with Crippen molar-refractivity contribution in [3.8, 4) is 0 Å².